The number of aliphatic carboxylic acids is 1. The van der Waals surface area contributed by atoms with Gasteiger partial charge in [-0.15, -0.1) is 10.2 Å². The topological polar surface area (TPSA) is 92.9 Å². The summed E-state index contributed by atoms with van der Waals surface area (Å²) >= 11 is 0. The Kier molecular flexibility index (Phi) is 4.07. The van der Waals surface area contributed by atoms with Gasteiger partial charge < -0.3 is 10.4 Å². The molecule has 2 heterocycles. The summed E-state index contributed by atoms with van der Waals surface area (Å²) in [6.07, 6.45) is 2.52. The fraction of sp³-hybridized carbons (Fsp3) is 0.333. The molecule has 0 aliphatic carbocycles. The van der Waals surface area contributed by atoms with E-state index < -0.39 is 5.97 Å². The fourth-order valence-corrected chi connectivity index (χ4v) is 1.54. The first kappa shape index (κ1) is 13.0. The number of nitrogens with zero attached hydrogens (tertiary/aromatic N) is 4. The van der Waals surface area contributed by atoms with Gasteiger partial charge in [0.05, 0.1) is 5.69 Å². The van der Waals surface area contributed by atoms with Crippen LogP contribution >= 0.6 is 0 Å². The van der Waals surface area contributed by atoms with Gasteiger partial charge in [0, 0.05) is 19.2 Å². The van der Waals surface area contributed by atoms with Crippen LogP contribution in [-0.4, -0.2) is 37.6 Å². The zero-order valence-electron chi connectivity index (χ0n) is 10.6. The first-order chi connectivity index (χ1) is 9.15. The summed E-state index contributed by atoms with van der Waals surface area (Å²) in [4.78, 5) is 10.3. The second-order valence-corrected chi connectivity index (χ2v) is 4.10. The third kappa shape index (κ3) is 3.77. The predicted octanol–water partition coefficient (Wildman–Crippen LogP) is 1.25. The molecule has 0 aliphatic rings. The van der Waals surface area contributed by atoms with Crippen LogP contribution in [0.25, 0.3) is 5.82 Å². The molecule has 0 saturated heterocycles. The molecule has 0 aromatic carbocycles. The highest BCUT2D eigenvalue weighted by molar-refractivity contribution is 5.66. The molecule has 100 valence electrons. The van der Waals surface area contributed by atoms with Gasteiger partial charge in [-0.05, 0) is 31.5 Å². The molecule has 19 heavy (non-hydrogen) atoms. The minimum absolute atomic E-state index is 0.144. The Morgan fingerprint density at radius 3 is 2.79 bits per heavy atom. The molecule has 2 aromatic rings. The van der Waals surface area contributed by atoms with E-state index in [-0.39, 0.29) is 6.42 Å². The van der Waals surface area contributed by atoms with Crippen LogP contribution in [0.4, 0.5) is 5.82 Å². The van der Waals surface area contributed by atoms with Crippen molar-refractivity contribution in [2.45, 2.75) is 19.8 Å². The normalized spacial score (nSPS) is 10.4. The number of aryl methyl sites for hydroxylation is 1. The van der Waals surface area contributed by atoms with Crippen LogP contribution in [-0.2, 0) is 4.79 Å². The molecule has 0 unspecified atom stereocenters. The number of nitrogens with one attached hydrogen (secondary N) is 1. The first-order valence-corrected chi connectivity index (χ1v) is 5.97. The van der Waals surface area contributed by atoms with Gasteiger partial charge in [0.1, 0.15) is 5.82 Å². The Morgan fingerprint density at radius 2 is 2.21 bits per heavy atom. The van der Waals surface area contributed by atoms with Crippen LogP contribution in [0.3, 0.4) is 0 Å². The largest absolute Gasteiger partial charge is 0.481 e. The van der Waals surface area contributed by atoms with Crippen molar-refractivity contribution in [2.75, 3.05) is 11.9 Å². The Labute approximate surface area is 110 Å². The fourth-order valence-electron chi connectivity index (χ4n) is 1.54. The number of aromatic nitrogens is 4. The van der Waals surface area contributed by atoms with Gasteiger partial charge in [0.15, 0.2) is 5.82 Å². The molecule has 0 radical (unpaired) electrons. The summed E-state index contributed by atoms with van der Waals surface area (Å²) in [7, 11) is 0. The standard InChI is InChI=1S/C12H15N5O2/c1-9-6-8-17(16-9)11-5-4-10(14-15-11)13-7-2-3-12(18)19/h4-6,8H,2-3,7H2,1H3,(H,13,14)(H,18,19). The summed E-state index contributed by atoms with van der Waals surface area (Å²) in [5, 5.41) is 23.8. The van der Waals surface area contributed by atoms with Crippen molar-refractivity contribution >= 4 is 11.8 Å². The number of hydrogen-bond donors (Lipinski definition) is 2. The Bertz CT molecular complexity index is 550. The summed E-state index contributed by atoms with van der Waals surface area (Å²) in [5.41, 5.74) is 0.915. The van der Waals surface area contributed by atoms with E-state index >= 15 is 0 Å². The maximum absolute atomic E-state index is 10.3. The molecular formula is C12H15N5O2. The molecule has 2 rings (SSSR count). The van der Waals surface area contributed by atoms with Crippen LogP contribution in [0.2, 0.25) is 0 Å². The lowest BCUT2D eigenvalue weighted by Gasteiger charge is -2.04. The van der Waals surface area contributed by atoms with Gasteiger partial charge in [-0.3, -0.25) is 4.79 Å². The van der Waals surface area contributed by atoms with E-state index in [1.165, 1.54) is 0 Å². The Balaban J connectivity index is 1.90. The minimum Gasteiger partial charge on any atom is -0.481 e. The second-order valence-electron chi connectivity index (χ2n) is 4.10. The van der Waals surface area contributed by atoms with E-state index in [0.29, 0.717) is 24.6 Å². The molecule has 0 bridgehead atoms. The molecule has 0 fully saturated rings. The van der Waals surface area contributed by atoms with E-state index in [1.807, 2.05) is 19.2 Å². The van der Waals surface area contributed by atoms with Crippen molar-refractivity contribution in [1.82, 2.24) is 20.0 Å². The lowest BCUT2D eigenvalue weighted by molar-refractivity contribution is -0.137. The summed E-state index contributed by atoms with van der Waals surface area (Å²) in [5.74, 6) is 0.472. The molecular weight excluding hydrogens is 246 g/mol. The Morgan fingerprint density at radius 1 is 1.37 bits per heavy atom. The molecule has 7 heteroatoms. The van der Waals surface area contributed by atoms with Gasteiger partial charge in [0.25, 0.3) is 0 Å². The molecule has 0 saturated carbocycles. The Hall–Kier alpha value is -2.44. The van der Waals surface area contributed by atoms with Gasteiger partial charge in [-0.2, -0.15) is 5.10 Å². The molecule has 0 spiro atoms. The molecule has 0 amide bonds. The van der Waals surface area contributed by atoms with Crippen LogP contribution in [0.15, 0.2) is 24.4 Å². The van der Waals surface area contributed by atoms with Crippen molar-refractivity contribution in [3.63, 3.8) is 0 Å². The van der Waals surface area contributed by atoms with E-state index in [4.69, 9.17) is 5.11 Å². The van der Waals surface area contributed by atoms with E-state index in [9.17, 15) is 4.79 Å². The van der Waals surface area contributed by atoms with Gasteiger partial charge in [-0.25, -0.2) is 4.68 Å². The van der Waals surface area contributed by atoms with Crippen LogP contribution in [0.5, 0.6) is 0 Å². The van der Waals surface area contributed by atoms with E-state index in [1.54, 1.807) is 16.8 Å². The molecule has 7 nitrogen and oxygen atoms in total. The number of anilines is 1. The highest BCUT2D eigenvalue weighted by Gasteiger charge is 2.02. The van der Waals surface area contributed by atoms with Crippen LogP contribution in [0, 0.1) is 6.92 Å². The summed E-state index contributed by atoms with van der Waals surface area (Å²) < 4.78 is 1.65. The minimum atomic E-state index is -0.794. The second kappa shape index (κ2) is 5.94. The van der Waals surface area contributed by atoms with Crippen LogP contribution in [0.1, 0.15) is 18.5 Å². The predicted molar refractivity (Wildman–Crippen MR) is 69.3 cm³/mol. The van der Waals surface area contributed by atoms with Crippen molar-refractivity contribution < 1.29 is 9.90 Å². The maximum Gasteiger partial charge on any atom is 0.303 e. The molecule has 2 aromatic heterocycles. The SMILES string of the molecule is Cc1ccn(-c2ccc(NCCCC(=O)O)nn2)n1. The van der Waals surface area contributed by atoms with Crippen LogP contribution < -0.4 is 5.32 Å². The maximum atomic E-state index is 10.3. The van der Waals surface area contributed by atoms with E-state index in [0.717, 1.165) is 5.69 Å². The first-order valence-electron chi connectivity index (χ1n) is 5.97. The highest BCUT2D eigenvalue weighted by Crippen LogP contribution is 2.06. The summed E-state index contributed by atoms with van der Waals surface area (Å²) in [6.45, 7) is 2.46. The lowest BCUT2D eigenvalue weighted by atomic mass is 10.3. The van der Waals surface area contributed by atoms with Crippen molar-refractivity contribution in [1.29, 1.82) is 0 Å². The summed E-state index contributed by atoms with van der Waals surface area (Å²) in [6, 6.07) is 5.48. The van der Waals surface area contributed by atoms with Crippen molar-refractivity contribution in [3.8, 4) is 5.82 Å². The highest BCUT2D eigenvalue weighted by atomic mass is 16.4. The third-order valence-electron chi connectivity index (χ3n) is 2.48. The monoisotopic (exact) mass is 261 g/mol. The van der Waals surface area contributed by atoms with E-state index in [2.05, 4.69) is 20.6 Å². The number of carboxylic acids is 1. The number of hydrogen-bond acceptors (Lipinski definition) is 5. The zero-order chi connectivity index (χ0) is 13.7. The van der Waals surface area contributed by atoms with Crippen molar-refractivity contribution in [2.24, 2.45) is 0 Å². The lowest BCUT2D eigenvalue weighted by Crippen LogP contribution is -2.08. The average molecular weight is 261 g/mol. The smallest absolute Gasteiger partial charge is 0.303 e. The zero-order valence-corrected chi connectivity index (χ0v) is 10.6. The number of carboxylic acid groups (broad SMARTS) is 1. The number of rotatable bonds is 6. The molecule has 0 atom stereocenters. The van der Waals surface area contributed by atoms with Gasteiger partial charge >= 0.3 is 5.97 Å². The van der Waals surface area contributed by atoms with Gasteiger partial charge in [-0.1, -0.05) is 0 Å². The third-order valence-corrected chi connectivity index (χ3v) is 2.48. The molecule has 2 N–H and O–H groups in total. The number of carbonyl (C=O) groups is 1. The molecule has 0 aliphatic heterocycles. The quantitative estimate of drug-likeness (QED) is 0.760. The van der Waals surface area contributed by atoms with Gasteiger partial charge in [0.2, 0.25) is 0 Å². The van der Waals surface area contributed by atoms with Crippen molar-refractivity contribution in [3.05, 3.63) is 30.1 Å². The average Bonchev–Trinajstić information content (AvgIpc) is 2.82.